The third-order valence-electron chi connectivity index (χ3n) is 3.67. The Morgan fingerprint density at radius 2 is 2.32 bits per heavy atom. The van der Waals surface area contributed by atoms with Crippen LogP contribution in [-0.4, -0.2) is 34.2 Å². The Hall–Kier alpha value is -1.04. The van der Waals surface area contributed by atoms with Crippen molar-refractivity contribution in [1.82, 2.24) is 4.90 Å². The second-order valence-electron chi connectivity index (χ2n) is 5.23. The molecule has 2 unspecified atom stereocenters. The van der Waals surface area contributed by atoms with Crippen LogP contribution in [0, 0.1) is 11.7 Å². The van der Waals surface area contributed by atoms with Crippen LogP contribution in [0.4, 0.5) is 4.39 Å². The normalized spacial score (nSPS) is 24.4. The van der Waals surface area contributed by atoms with Crippen molar-refractivity contribution in [2.24, 2.45) is 11.7 Å². The van der Waals surface area contributed by atoms with Crippen molar-refractivity contribution in [3.05, 3.63) is 35.1 Å². The average Bonchev–Trinajstić information content (AvgIpc) is 2.33. The van der Waals surface area contributed by atoms with E-state index < -0.39 is 0 Å². The minimum Gasteiger partial charge on any atom is -0.393 e. The number of aliphatic hydroxyl groups excluding tert-OH is 1. The van der Waals surface area contributed by atoms with E-state index in [0.29, 0.717) is 11.5 Å². The molecule has 0 aromatic heterocycles. The van der Waals surface area contributed by atoms with Crippen molar-refractivity contribution in [2.75, 3.05) is 13.1 Å². The Morgan fingerprint density at radius 3 is 2.95 bits per heavy atom. The van der Waals surface area contributed by atoms with Gasteiger partial charge in [0, 0.05) is 25.2 Å². The number of hydrogen-bond acceptors (Lipinski definition) is 3. The summed E-state index contributed by atoms with van der Waals surface area (Å²) in [6, 6.07) is 4.50. The van der Waals surface area contributed by atoms with E-state index in [2.05, 4.69) is 4.90 Å². The maximum atomic E-state index is 13.4. The predicted molar refractivity (Wildman–Crippen MR) is 77.4 cm³/mol. The van der Waals surface area contributed by atoms with Crippen molar-refractivity contribution in [3.63, 3.8) is 0 Å². The lowest BCUT2D eigenvalue weighted by molar-refractivity contribution is 0.0320. The largest absolute Gasteiger partial charge is 0.393 e. The van der Waals surface area contributed by atoms with Gasteiger partial charge in [0.1, 0.15) is 10.8 Å². The van der Waals surface area contributed by atoms with Gasteiger partial charge >= 0.3 is 0 Å². The number of aliphatic hydroxyl groups is 1. The number of likely N-dealkylation sites (tertiary alicyclic amines) is 1. The molecule has 2 rings (SSSR count). The first kappa shape index (κ1) is 14.4. The zero-order valence-corrected chi connectivity index (χ0v) is 11.8. The summed E-state index contributed by atoms with van der Waals surface area (Å²) in [4.78, 5) is 2.49. The number of hydrogen-bond donors (Lipinski definition) is 2. The summed E-state index contributed by atoms with van der Waals surface area (Å²) in [5, 5.41) is 9.72. The number of halogens is 1. The van der Waals surface area contributed by atoms with Crippen LogP contribution < -0.4 is 5.73 Å². The summed E-state index contributed by atoms with van der Waals surface area (Å²) in [6.07, 6.45) is 0.512. The third kappa shape index (κ3) is 3.49. The smallest absolute Gasteiger partial charge is 0.123 e. The first-order valence-corrected chi connectivity index (χ1v) is 6.87. The molecule has 1 aromatic carbocycles. The van der Waals surface area contributed by atoms with E-state index in [0.717, 1.165) is 30.6 Å². The molecule has 0 bridgehead atoms. The second-order valence-corrected chi connectivity index (χ2v) is 5.67. The number of piperidine rings is 1. The molecular weight excluding hydrogens is 263 g/mol. The molecule has 0 aliphatic carbocycles. The lowest BCUT2D eigenvalue weighted by atomic mass is 9.96. The van der Waals surface area contributed by atoms with Gasteiger partial charge in [-0.05, 0) is 36.1 Å². The molecule has 1 saturated heterocycles. The highest BCUT2D eigenvalue weighted by molar-refractivity contribution is 7.80. The van der Waals surface area contributed by atoms with E-state index in [-0.39, 0.29) is 17.8 Å². The molecule has 1 aromatic rings. The molecule has 0 amide bonds. The number of nitrogens with zero attached hydrogens (tertiary/aromatic N) is 1. The maximum absolute atomic E-state index is 13.4. The second kappa shape index (κ2) is 5.94. The number of nitrogens with two attached hydrogens (primary N) is 1. The van der Waals surface area contributed by atoms with Crippen LogP contribution in [0.2, 0.25) is 0 Å². The van der Waals surface area contributed by atoms with Gasteiger partial charge in [-0.1, -0.05) is 19.1 Å². The molecule has 2 atom stereocenters. The van der Waals surface area contributed by atoms with E-state index >= 15 is 0 Å². The molecule has 3 N–H and O–H groups in total. The zero-order chi connectivity index (χ0) is 14.0. The standard InChI is InChI=1S/C14H19FN2OS/c1-9-7-17(5-4-13(9)18)8-10-6-11(15)2-3-12(10)14(16)19/h2-3,6,9,13,18H,4-5,7-8H2,1H3,(H2,16,19). The predicted octanol–water partition coefficient (Wildman–Crippen LogP) is 1.66. The minimum absolute atomic E-state index is 0.232. The van der Waals surface area contributed by atoms with Crippen LogP contribution in [0.5, 0.6) is 0 Å². The van der Waals surface area contributed by atoms with Crippen molar-refractivity contribution in [1.29, 1.82) is 0 Å². The Kier molecular flexibility index (Phi) is 4.50. The minimum atomic E-state index is -0.278. The Labute approximate surface area is 118 Å². The van der Waals surface area contributed by atoms with Crippen LogP contribution in [0.3, 0.4) is 0 Å². The summed E-state index contributed by atoms with van der Waals surface area (Å²) in [6.45, 7) is 4.24. The molecular formula is C14H19FN2OS. The third-order valence-corrected chi connectivity index (χ3v) is 3.89. The summed E-state index contributed by atoms with van der Waals surface area (Å²) in [7, 11) is 0. The van der Waals surface area contributed by atoms with E-state index in [9.17, 15) is 9.50 Å². The summed E-state index contributed by atoms with van der Waals surface area (Å²) >= 11 is 5.00. The lowest BCUT2D eigenvalue weighted by Gasteiger charge is -2.34. The van der Waals surface area contributed by atoms with Gasteiger partial charge in [0.15, 0.2) is 0 Å². The molecule has 1 aliphatic heterocycles. The fourth-order valence-corrected chi connectivity index (χ4v) is 2.74. The summed E-state index contributed by atoms with van der Waals surface area (Å²) in [5.74, 6) is -0.0457. The average molecular weight is 282 g/mol. The van der Waals surface area contributed by atoms with Crippen molar-refractivity contribution in [3.8, 4) is 0 Å². The zero-order valence-electron chi connectivity index (χ0n) is 11.0. The highest BCUT2D eigenvalue weighted by Gasteiger charge is 2.24. The molecule has 104 valence electrons. The molecule has 1 fully saturated rings. The van der Waals surface area contributed by atoms with Gasteiger partial charge in [-0.25, -0.2) is 4.39 Å². The number of thiocarbonyl (C=S) groups is 1. The Bertz CT molecular complexity index is 481. The van der Waals surface area contributed by atoms with E-state index in [1.165, 1.54) is 12.1 Å². The first-order valence-electron chi connectivity index (χ1n) is 6.46. The molecule has 0 saturated carbocycles. The van der Waals surface area contributed by atoms with Gasteiger partial charge in [-0.3, -0.25) is 4.90 Å². The quantitative estimate of drug-likeness (QED) is 0.828. The fourth-order valence-electron chi connectivity index (χ4n) is 2.54. The van der Waals surface area contributed by atoms with Gasteiger partial charge in [0.2, 0.25) is 0 Å². The van der Waals surface area contributed by atoms with Gasteiger partial charge in [-0.15, -0.1) is 0 Å². The molecule has 1 heterocycles. The van der Waals surface area contributed by atoms with E-state index in [1.807, 2.05) is 6.92 Å². The van der Waals surface area contributed by atoms with Crippen LogP contribution >= 0.6 is 12.2 Å². The monoisotopic (exact) mass is 282 g/mol. The maximum Gasteiger partial charge on any atom is 0.123 e. The van der Waals surface area contributed by atoms with Crippen LogP contribution in [0.15, 0.2) is 18.2 Å². The molecule has 3 nitrogen and oxygen atoms in total. The number of rotatable bonds is 3. The SMILES string of the molecule is CC1CN(Cc2cc(F)ccc2C(N)=S)CCC1O. The van der Waals surface area contributed by atoms with Crippen molar-refractivity contribution in [2.45, 2.75) is 26.0 Å². The Balaban J connectivity index is 2.14. The topological polar surface area (TPSA) is 49.5 Å². The molecule has 1 aliphatic rings. The van der Waals surface area contributed by atoms with E-state index in [4.69, 9.17) is 18.0 Å². The summed E-state index contributed by atoms with van der Waals surface area (Å²) in [5.41, 5.74) is 7.22. The van der Waals surface area contributed by atoms with Crippen LogP contribution in [0.25, 0.3) is 0 Å². The Morgan fingerprint density at radius 1 is 1.58 bits per heavy atom. The summed E-state index contributed by atoms with van der Waals surface area (Å²) < 4.78 is 13.4. The van der Waals surface area contributed by atoms with Crippen LogP contribution in [0.1, 0.15) is 24.5 Å². The van der Waals surface area contributed by atoms with Gasteiger partial charge in [0.25, 0.3) is 0 Å². The van der Waals surface area contributed by atoms with Gasteiger partial charge in [-0.2, -0.15) is 0 Å². The van der Waals surface area contributed by atoms with E-state index in [1.54, 1.807) is 6.07 Å². The molecule has 19 heavy (non-hydrogen) atoms. The first-order chi connectivity index (χ1) is 8.97. The molecule has 0 radical (unpaired) electrons. The number of benzene rings is 1. The van der Waals surface area contributed by atoms with Crippen molar-refractivity contribution >= 4 is 17.2 Å². The van der Waals surface area contributed by atoms with Crippen LogP contribution in [-0.2, 0) is 6.54 Å². The molecule has 5 heteroatoms. The molecule has 0 spiro atoms. The highest BCUT2D eigenvalue weighted by Crippen LogP contribution is 2.20. The van der Waals surface area contributed by atoms with Gasteiger partial charge in [0.05, 0.1) is 6.10 Å². The van der Waals surface area contributed by atoms with Gasteiger partial charge < -0.3 is 10.8 Å². The highest BCUT2D eigenvalue weighted by atomic mass is 32.1. The fraction of sp³-hybridized carbons (Fsp3) is 0.500. The lowest BCUT2D eigenvalue weighted by Crippen LogP contribution is -2.41. The van der Waals surface area contributed by atoms with Crippen molar-refractivity contribution < 1.29 is 9.50 Å².